The summed E-state index contributed by atoms with van der Waals surface area (Å²) in [6.07, 6.45) is 14.7. The van der Waals surface area contributed by atoms with Crippen LogP contribution in [-0.2, 0) is 6.54 Å². The average Bonchev–Trinajstić information content (AvgIpc) is 2.46. The van der Waals surface area contributed by atoms with Gasteiger partial charge in [-0.1, -0.05) is 30.4 Å². The van der Waals surface area contributed by atoms with Gasteiger partial charge in [-0.2, -0.15) is 0 Å². The number of hydrogen-bond donors (Lipinski definition) is 1. The van der Waals surface area contributed by atoms with Crippen molar-refractivity contribution in [3.8, 4) is 0 Å². The van der Waals surface area contributed by atoms with Gasteiger partial charge < -0.3 is 10.2 Å². The lowest BCUT2D eigenvalue weighted by molar-refractivity contribution is 0.318. The van der Waals surface area contributed by atoms with Crippen molar-refractivity contribution in [3.05, 3.63) is 54.4 Å². The zero-order valence-electron chi connectivity index (χ0n) is 11.6. The molecule has 102 valence electrons. The van der Waals surface area contributed by atoms with Gasteiger partial charge in [-0.25, -0.2) is 0 Å². The minimum Gasteiger partial charge on any atom is -0.310 e. The van der Waals surface area contributed by atoms with Gasteiger partial charge in [0.1, 0.15) is 0 Å². The highest BCUT2D eigenvalue weighted by Gasteiger charge is 2.04. The second-order valence-electron chi connectivity index (χ2n) is 5.06. The Hall–Kier alpha value is -1.45. The molecule has 3 heteroatoms. The normalized spacial score (nSPS) is 18.1. The fraction of sp³-hybridized carbons (Fsp3) is 0.438. The van der Waals surface area contributed by atoms with Crippen molar-refractivity contribution < 1.29 is 0 Å². The Morgan fingerprint density at radius 2 is 2.37 bits per heavy atom. The summed E-state index contributed by atoms with van der Waals surface area (Å²) >= 11 is 0. The highest BCUT2D eigenvalue weighted by molar-refractivity contribution is 5.13. The number of pyridine rings is 1. The molecule has 2 rings (SSSR count). The van der Waals surface area contributed by atoms with Gasteiger partial charge in [0, 0.05) is 25.0 Å². The fourth-order valence-electron chi connectivity index (χ4n) is 2.25. The van der Waals surface area contributed by atoms with Crippen molar-refractivity contribution in [2.75, 3.05) is 20.1 Å². The van der Waals surface area contributed by atoms with Crippen LogP contribution in [0.15, 0.2) is 48.8 Å². The van der Waals surface area contributed by atoms with E-state index in [1.807, 2.05) is 18.5 Å². The van der Waals surface area contributed by atoms with Crippen LogP contribution >= 0.6 is 0 Å². The molecule has 0 bridgehead atoms. The molecule has 1 unspecified atom stereocenters. The molecule has 0 saturated heterocycles. The Morgan fingerprint density at radius 1 is 1.42 bits per heavy atom. The van der Waals surface area contributed by atoms with E-state index in [1.165, 1.54) is 12.0 Å². The largest absolute Gasteiger partial charge is 0.310 e. The SMILES string of the molecule is CN(CCCNC1C=CC=CC1)Cc1cccnc1. The molecule has 1 aromatic rings. The molecule has 3 nitrogen and oxygen atoms in total. The zero-order valence-corrected chi connectivity index (χ0v) is 11.6. The first kappa shape index (κ1) is 14.0. The van der Waals surface area contributed by atoms with Crippen LogP contribution in [0.5, 0.6) is 0 Å². The molecule has 0 aromatic carbocycles. The maximum atomic E-state index is 4.14. The van der Waals surface area contributed by atoms with E-state index in [1.54, 1.807) is 0 Å². The molecule has 0 saturated carbocycles. The quantitative estimate of drug-likeness (QED) is 0.760. The second kappa shape index (κ2) is 7.87. The van der Waals surface area contributed by atoms with E-state index >= 15 is 0 Å². The number of nitrogens with zero attached hydrogens (tertiary/aromatic N) is 2. The van der Waals surface area contributed by atoms with Crippen LogP contribution in [0.3, 0.4) is 0 Å². The summed E-state index contributed by atoms with van der Waals surface area (Å²) in [5.41, 5.74) is 1.28. The molecule has 1 atom stereocenters. The Labute approximate surface area is 116 Å². The van der Waals surface area contributed by atoms with Crippen LogP contribution in [0, 0.1) is 0 Å². The third-order valence-corrected chi connectivity index (χ3v) is 3.28. The first-order valence-electron chi connectivity index (χ1n) is 6.99. The van der Waals surface area contributed by atoms with Gasteiger partial charge in [-0.15, -0.1) is 0 Å². The molecular weight excluding hydrogens is 234 g/mol. The van der Waals surface area contributed by atoms with Crippen LogP contribution < -0.4 is 5.32 Å². The van der Waals surface area contributed by atoms with Gasteiger partial charge >= 0.3 is 0 Å². The van der Waals surface area contributed by atoms with Gasteiger partial charge in [0.05, 0.1) is 0 Å². The van der Waals surface area contributed by atoms with Gasteiger partial charge in [0.25, 0.3) is 0 Å². The van der Waals surface area contributed by atoms with E-state index < -0.39 is 0 Å². The van der Waals surface area contributed by atoms with Crippen LogP contribution in [-0.4, -0.2) is 36.1 Å². The highest BCUT2D eigenvalue weighted by Crippen LogP contribution is 2.03. The minimum atomic E-state index is 0.522. The van der Waals surface area contributed by atoms with E-state index in [9.17, 15) is 0 Å². The molecule has 1 N–H and O–H groups in total. The Bertz CT molecular complexity index is 411. The highest BCUT2D eigenvalue weighted by atomic mass is 15.1. The molecule has 1 aliphatic carbocycles. The van der Waals surface area contributed by atoms with Crippen molar-refractivity contribution in [2.45, 2.75) is 25.4 Å². The van der Waals surface area contributed by atoms with Crippen molar-refractivity contribution in [2.24, 2.45) is 0 Å². The van der Waals surface area contributed by atoms with Crippen molar-refractivity contribution in [1.29, 1.82) is 0 Å². The zero-order chi connectivity index (χ0) is 13.3. The van der Waals surface area contributed by atoms with E-state index in [2.05, 4.69) is 52.6 Å². The molecule has 0 spiro atoms. The van der Waals surface area contributed by atoms with Crippen molar-refractivity contribution >= 4 is 0 Å². The lowest BCUT2D eigenvalue weighted by atomic mass is 10.1. The smallest absolute Gasteiger partial charge is 0.0312 e. The standard InChI is InChI=1S/C16H23N3/c1-19(14-15-7-5-10-17-13-15)12-6-11-18-16-8-3-2-4-9-16/h2-5,7-8,10,13,16,18H,6,9,11-12,14H2,1H3. The molecule has 1 aromatic heterocycles. The predicted molar refractivity (Wildman–Crippen MR) is 79.9 cm³/mol. The lowest BCUT2D eigenvalue weighted by Crippen LogP contribution is -2.30. The summed E-state index contributed by atoms with van der Waals surface area (Å²) in [4.78, 5) is 6.48. The molecule has 19 heavy (non-hydrogen) atoms. The molecule has 0 aliphatic heterocycles. The monoisotopic (exact) mass is 257 g/mol. The summed E-state index contributed by atoms with van der Waals surface area (Å²) in [7, 11) is 2.16. The van der Waals surface area contributed by atoms with E-state index in [-0.39, 0.29) is 0 Å². The average molecular weight is 257 g/mol. The third-order valence-electron chi connectivity index (χ3n) is 3.28. The number of allylic oxidation sites excluding steroid dienone is 2. The van der Waals surface area contributed by atoms with E-state index in [4.69, 9.17) is 0 Å². The van der Waals surface area contributed by atoms with Crippen molar-refractivity contribution in [3.63, 3.8) is 0 Å². The number of aromatic nitrogens is 1. The summed E-state index contributed by atoms with van der Waals surface area (Å²) in [6.45, 7) is 3.15. The van der Waals surface area contributed by atoms with Crippen LogP contribution in [0.2, 0.25) is 0 Å². The number of nitrogens with one attached hydrogen (secondary N) is 1. The lowest BCUT2D eigenvalue weighted by Gasteiger charge is -2.18. The third kappa shape index (κ3) is 5.37. The van der Waals surface area contributed by atoms with Gasteiger partial charge in [-0.3, -0.25) is 4.98 Å². The first-order valence-corrected chi connectivity index (χ1v) is 6.99. The first-order chi connectivity index (χ1) is 9.34. The topological polar surface area (TPSA) is 28.2 Å². The van der Waals surface area contributed by atoms with E-state index in [0.29, 0.717) is 6.04 Å². The van der Waals surface area contributed by atoms with Crippen LogP contribution in [0.1, 0.15) is 18.4 Å². The summed E-state index contributed by atoms with van der Waals surface area (Å²) < 4.78 is 0. The second-order valence-corrected chi connectivity index (χ2v) is 5.06. The Balaban J connectivity index is 1.58. The molecule has 0 fully saturated rings. The Morgan fingerprint density at radius 3 is 3.11 bits per heavy atom. The number of hydrogen-bond acceptors (Lipinski definition) is 3. The molecule has 0 radical (unpaired) electrons. The van der Waals surface area contributed by atoms with Crippen LogP contribution in [0.4, 0.5) is 0 Å². The van der Waals surface area contributed by atoms with Crippen LogP contribution in [0.25, 0.3) is 0 Å². The minimum absolute atomic E-state index is 0.522. The summed E-state index contributed by atoms with van der Waals surface area (Å²) in [5, 5.41) is 3.56. The Kier molecular flexibility index (Phi) is 5.79. The number of rotatable bonds is 7. The van der Waals surface area contributed by atoms with Gasteiger partial charge in [-0.05, 0) is 44.6 Å². The van der Waals surface area contributed by atoms with Crippen molar-refractivity contribution in [1.82, 2.24) is 15.2 Å². The summed E-state index contributed by atoms with van der Waals surface area (Å²) in [6, 6.07) is 4.64. The summed E-state index contributed by atoms with van der Waals surface area (Å²) in [5.74, 6) is 0. The molecule has 0 amide bonds. The van der Waals surface area contributed by atoms with Gasteiger partial charge in [0.15, 0.2) is 0 Å². The molecule has 1 aliphatic rings. The fourth-order valence-corrected chi connectivity index (χ4v) is 2.25. The van der Waals surface area contributed by atoms with E-state index in [0.717, 1.165) is 26.1 Å². The maximum absolute atomic E-state index is 4.14. The van der Waals surface area contributed by atoms with Gasteiger partial charge in [0.2, 0.25) is 0 Å². The molecular formula is C16H23N3. The maximum Gasteiger partial charge on any atom is 0.0312 e. The predicted octanol–water partition coefficient (Wildman–Crippen LogP) is 2.38. The molecule has 1 heterocycles.